The molecule has 0 aliphatic heterocycles. The first-order valence-electron chi connectivity index (χ1n) is 8.37. The largest absolute Gasteiger partial charge is 0.403 e. The van der Waals surface area contributed by atoms with Crippen LogP contribution in [0.3, 0.4) is 0 Å². The fourth-order valence-electron chi connectivity index (χ4n) is 3.25. The highest BCUT2D eigenvalue weighted by atomic mass is 28.4. The molecule has 0 saturated heterocycles. The number of amides is 1. The van der Waals surface area contributed by atoms with Gasteiger partial charge in [-0.05, 0) is 22.3 Å². The predicted molar refractivity (Wildman–Crippen MR) is 102 cm³/mol. The fraction of sp³-hybridized carbons (Fsp3) is 0.350. The molecular formula is C20H27NO2Si. The Hall–Kier alpha value is -1.91. The Balaban J connectivity index is 2.59. The van der Waals surface area contributed by atoms with E-state index in [2.05, 4.69) is 74.6 Å². The SMILES string of the molecule is C[C@@H](CNC=O)O[Si](c1ccccc1)(c1ccccc1)C(C)(C)C. The van der Waals surface area contributed by atoms with Gasteiger partial charge in [0.05, 0.1) is 6.10 Å². The van der Waals surface area contributed by atoms with Gasteiger partial charge in [-0.3, -0.25) is 4.79 Å². The third-order valence-corrected chi connectivity index (χ3v) is 9.44. The van der Waals surface area contributed by atoms with E-state index in [1.165, 1.54) is 10.4 Å². The van der Waals surface area contributed by atoms with Crippen molar-refractivity contribution >= 4 is 25.1 Å². The molecule has 4 heteroatoms. The Bertz CT molecular complexity index is 598. The van der Waals surface area contributed by atoms with Gasteiger partial charge in [-0.1, -0.05) is 81.4 Å². The van der Waals surface area contributed by atoms with Crippen LogP contribution in [0.5, 0.6) is 0 Å². The van der Waals surface area contributed by atoms with Crippen molar-refractivity contribution in [3.05, 3.63) is 60.7 Å². The number of carbonyl (C=O) groups is 1. The average Bonchev–Trinajstić information content (AvgIpc) is 2.58. The zero-order valence-electron chi connectivity index (χ0n) is 15.0. The van der Waals surface area contributed by atoms with E-state index in [-0.39, 0.29) is 11.1 Å². The van der Waals surface area contributed by atoms with Gasteiger partial charge in [0.15, 0.2) is 0 Å². The average molecular weight is 342 g/mol. The summed E-state index contributed by atoms with van der Waals surface area (Å²) in [6, 6.07) is 21.0. The smallest absolute Gasteiger partial charge is 0.261 e. The molecule has 128 valence electrons. The summed E-state index contributed by atoms with van der Waals surface area (Å²) < 4.78 is 6.79. The summed E-state index contributed by atoms with van der Waals surface area (Å²) in [7, 11) is -2.52. The van der Waals surface area contributed by atoms with Gasteiger partial charge in [-0.25, -0.2) is 0 Å². The zero-order chi connectivity index (χ0) is 17.6. The Morgan fingerprint density at radius 2 is 1.46 bits per heavy atom. The summed E-state index contributed by atoms with van der Waals surface area (Å²) in [5.74, 6) is 0. The van der Waals surface area contributed by atoms with Crippen molar-refractivity contribution in [2.75, 3.05) is 6.54 Å². The van der Waals surface area contributed by atoms with Crippen LogP contribution in [0.15, 0.2) is 60.7 Å². The number of rotatable bonds is 7. The number of nitrogens with one attached hydrogen (secondary N) is 1. The molecular weight excluding hydrogens is 314 g/mol. The molecule has 0 spiro atoms. The molecule has 0 saturated carbocycles. The lowest BCUT2D eigenvalue weighted by atomic mass is 10.2. The van der Waals surface area contributed by atoms with Gasteiger partial charge in [0, 0.05) is 6.54 Å². The normalized spacial score (nSPS) is 13.3. The van der Waals surface area contributed by atoms with Crippen LogP contribution in [0.2, 0.25) is 5.04 Å². The van der Waals surface area contributed by atoms with E-state index >= 15 is 0 Å². The minimum Gasteiger partial charge on any atom is -0.403 e. The molecule has 1 amide bonds. The first-order valence-corrected chi connectivity index (χ1v) is 10.3. The molecule has 0 fully saturated rings. The first kappa shape index (κ1) is 18.4. The molecule has 0 heterocycles. The van der Waals surface area contributed by atoms with Crippen LogP contribution in [-0.2, 0) is 9.22 Å². The van der Waals surface area contributed by atoms with Gasteiger partial charge in [-0.2, -0.15) is 0 Å². The molecule has 24 heavy (non-hydrogen) atoms. The van der Waals surface area contributed by atoms with Crippen LogP contribution in [0.25, 0.3) is 0 Å². The number of benzene rings is 2. The van der Waals surface area contributed by atoms with E-state index in [4.69, 9.17) is 4.43 Å². The second-order valence-corrected chi connectivity index (χ2v) is 11.4. The van der Waals surface area contributed by atoms with Crippen molar-refractivity contribution in [1.29, 1.82) is 0 Å². The quantitative estimate of drug-likeness (QED) is 0.621. The highest BCUT2D eigenvalue weighted by Gasteiger charge is 2.50. The molecule has 0 unspecified atom stereocenters. The topological polar surface area (TPSA) is 38.3 Å². The molecule has 2 rings (SSSR count). The molecule has 0 radical (unpaired) electrons. The maximum atomic E-state index is 10.7. The van der Waals surface area contributed by atoms with E-state index < -0.39 is 8.32 Å². The van der Waals surface area contributed by atoms with E-state index in [0.717, 1.165) is 6.41 Å². The number of hydrogen-bond acceptors (Lipinski definition) is 2. The predicted octanol–water partition coefficient (Wildman–Crippen LogP) is 2.70. The van der Waals surface area contributed by atoms with Crippen LogP contribution in [-0.4, -0.2) is 27.4 Å². The molecule has 0 bridgehead atoms. The van der Waals surface area contributed by atoms with Crippen molar-refractivity contribution < 1.29 is 9.22 Å². The van der Waals surface area contributed by atoms with E-state index in [1.54, 1.807) is 0 Å². The summed E-state index contributed by atoms with van der Waals surface area (Å²) in [5.41, 5.74) is 0. The van der Waals surface area contributed by atoms with Crippen LogP contribution in [0, 0.1) is 0 Å². The molecule has 0 aliphatic rings. The summed E-state index contributed by atoms with van der Waals surface area (Å²) in [4.78, 5) is 10.7. The summed E-state index contributed by atoms with van der Waals surface area (Å²) in [6.45, 7) is 9.28. The lowest BCUT2D eigenvalue weighted by molar-refractivity contribution is -0.109. The van der Waals surface area contributed by atoms with Crippen LogP contribution in [0.4, 0.5) is 0 Å². The van der Waals surface area contributed by atoms with Gasteiger partial charge in [-0.15, -0.1) is 0 Å². The Kier molecular flexibility index (Phi) is 5.97. The van der Waals surface area contributed by atoms with Crippen molar-refractivity contribution in [2.45, 2.75) is 38.8 Å². The van der Waals surface area contributed by atoms with Crippen molar-refractivity contribution in [3.63, 3.8) is 0 Å². The maximum absolute atomic E-state index is 10.7. The summed E-state index contributed by atoms with van der Waals surface area (Å²) in [5, 5.41) is 5.19. The van der Waals surface area contributed by atoms with Gasteiger partial charge < -0.3 is 9.74 Å². The number of hydrogen-bond donors (Lipinski definition) is 1. The van der Waals surface area contributed by atoms with Crippen LogP contribution >= 0.6 is 0 Å². The van der Waals surface area contributed by atoms with Gasteiger partial charge in [0.25, 0.3) is 8.32 Å². The Labute approximate surface area is 146 Å². The lowest BCUT2D eigenvalue weighted by Crippen LogP contribution is -2.68. The van der Waals surface area contributed by atoms with Crippen LogP contribution in [0.1, 0.15) is 27.7 Å². The summed E-state index contributed by atoms with van der Waals surface area (Å²) >= 11 is 0. The van der Waals surface area contributed by atoms with Crippen molar-refractivity contribution in [2.24, 2.45) is 0 Å². The highest BCUT2D eigenvalue weighted by molar-refractivity contribution is 6.99. The highest BCUT2D eigenvalue weighted by Crippen LogP contribution is 2.37. The van der Waals surface area contributed by atoms with Gasteiger partial charge in [0.1, 0.15) is 0 Å². The van der Waals surface area contributed by atoms with Crippen LogP contribution < -0.4 is 15.7 Å². The fourth-order valence-corrected chi connectivity index (χ4v) is 7.95. The summed E-state index contributed by atoms with van der Waals surface area (Å²) in [6.07, 6.45) is 0.659. The standard InChI is InChI=1S/C20H27NO2Si/c1-17(15-21-16-22)23-24(20(2,3)4,18-11-7-5-8-12-18)19-13-9-6-10-14-19/h5-14,16-17H,15H2,1-4H3,(H,21,22)/t17-/m0/s1. The third kappa shape index (κ3) is 3.76. The Morgan fingerprint density at radius 3 is 1.83 bits per heavy atom. The van der Waals surface area contributed by atoms with E-state index in [0.29, 0.717) is 6.54 Å². The first-order chi connectivity index (χ1) is 11.4. The lowest BCUT2D eigenvalue weighted by Gasteiger charge is -2.44. The third-order valence-electron chi connectivity index (χ3n) is 4.28. The monoisotopic (exact) mass is 341 g/mol. The second-order valence-electron chi connectivity index (χ2n) is 7.12. The molecule has 2 aromatic rings. The van der Waals surface area contributed by atoms with Crippen molar-refractivity contribution in [1.82, 2.24) is 5.32 Å². The zero-order valence-corrected chi connectivity index (χ0v) is 16.0. The number of carbonyl (C=O) groups excluding carboxylic acids is 1. The minimum atomic E-state index is -2.52. The van der Waals surface area contributed by atoms with E-state index in [1.807, 2.05) is 19.1 Å². The van der Waals surface area contributed by atoms with Crippen molar-refractivity contribution in [3.8, 4) is 0 Å². The molecule has 1 atom stereocenters. The molecule has 0 aliphatic carbocycles. The maximum Gasteiger partial charge on any atom is 0.261 e. The molecule has 2 aromatic carbocycles. The Morgan fingerprint density at radius 1 is 1.00 bits per heavy atom. The van der Waals surface area contributed by atoms with E-state index in [9.17, 15) is 4.79 Å². The second kappa shape index (κ2) is 7.77. The minimum absolute atomic E-state index is 0.0505. The molecule has 3 nitrogen and oxygen atoms in total. The van der Waals surface area contributed by atoms with Gasteiger partial charge in [0.2, 0.25) is 6.41 Å². The molecule has 0 aromatic heterocycles. The van der Waals surface area contributed by atoms with Gasteiger partial charge >= 0.3 is 0 Å². The molecule has 1 N–H and O–H groups in total.